The van der Waals surface area contributed by atoms with Gasteiger partial charge in [0.05, 0.1) is 42.8 Å². The molecule has 0 saturated heterocycles. The molecule has 11 nitrogen and oxygen atoms in total. The first kappa shape index (κ1) is 35.0. The topological polar surface area (TPSA) is 106 Å². The molecule has 5 aromatic rings. The maximum atomic E-state index is 16.2. The molecule has 2 aromatic carbocycles. The van der Waals surface area contributed by atoms with E-state index >= 15 is 4.39 Å². The molecule has 270 valence electrons. The van der Waals surface area contributed by atoms with Crippen LogP contribution in [0, 0.1) is 11.6 Å². The predicted octanol–water partition coefficient (Wildman–Crippen LogP) is 5.86. The third-order valence-corrected chi connectivity index (χ3v) is 9.95. The Morgan fingerprint density at radius 1 is 1.06 bits per heavy atom. The van der Waals surface area contributed by atoms with E-state index in [0.29, 0.717) is 59.7 Å². The number of benzene rings is 2. The highest BCUT2D eigenvalue weighted by Gasteiger charge is 2.33. The molecule has 2 aliphatic rings. The Labute approximate surface area is 300 Å². The van der Waals surface area contributed by atoms with Gasteiger partial charge in [-0.1, -0.05) is 18.7 Å². The molecule has 0 bridgehead atoms. The molecular formula is C39H40F2N6O5. The van der Waals surface area contributed by atoms with E-state index in [1.54, 1.807) is 30.0 Å². The minimum Gasteiger partial charge on any atom is -0.490 e. The van der Waals surface area contributed by atoms with Crippen LogP contribution < -0.4 is 4.74 Å². The number of furan rings is 1. The number of rotatable bonds is 9. The summed E-state index contributed by atoms with van der Waals surface area (Å²) in [5.74, 6) is -1.81. The van der Waals surface area contributed by atoms with Crippen LogP contribution >= 0.6 is 0 Å². The summed E-state index contributed by atoms with van der Waals surface area (Å²) in [5.41, 5.74) is 5.63. The minimum absolute atomic E-state index is 0.00380. The lowest BCUT2D eigenvalue weighted by molar-refractivity contribution is -0.134. The molecule has 0 unspecified atom stereocenters. The third-order valence-electron chi connectivity index (χ3n) is 9.95. The van der Waals surface area contributed by atoms with E-state index in [0.717, 1.165) is 34.5 Å². The molecule has 3 aromatic heterocycles. The summed E-state index contributed by atoms with van der Waals surface area (Å²) in [4.78, 5) is 36.1. The molecular weight excluding hydrogens is 670 g/mol. The standard InChI is InChI=1S/C39H40F2N6O5/c1-7-33(48)46-11-12-47-30(22(46)2)20-29(43-47)37-34(35-28(41)18-26(40)19-32(35)51-15-14-50-6)27-10-13-52-38(27)36(42-37)24-9-8-23-17-31(39(49)44(3)4)45(5)21-25(23)16-24/h7-10,13,16,18-20,22,31H,1,11-12,14-15,17,21H2,2-6H3/t22-,31+/m1/s1. The van der Waals surface area contributed by atoms with E-state index < -0.39 is 11.6 Å². The van der Waals surface area contributed by atoms with Crippen molar-refractivity contribution in [3.63, 3.8) is 0 Å². The number of hydrogen-bond donors (Lipinski definition) is 0. The fourth-order valence-corrected chi connectivity index (χ4v) is 7.28. The van der Waals surface area contributed by atoms with E-state index in [4.69, 9.17) is 24.0 Å². The van der Waals surface area contributed by atoms with Gasteiger partial charge in [0.1, 0.15) is 41.1 Å². The van der Waals surface area contributed by atoms with E-state index in [9.17, 15) is 14.0 Å². The van der Waals surface area contributed by atoms with Gasteiger partial charge in [-0.2, -0.15) is 5.10 Å². The maximum Gasteiger partial charge on any atom is 0.246 e. The zero-order valence-corrected chi connectivity index (χ0v) is 29.8. The van der Waals surface area contributed by atoms with Crippen molar-refractivity contribution in [2.24, 2.45) is 0 Å². The van der Waals surface area contributed by atoms with Crippen molar-refractivity contribution in [2.45, 2.75) is 38.5 Å². The summed E-state index contributed by atoms with van der Waals surface area (Å²) < 4.78 is 49.9. The van der Waals surface area contributed by atoms with Crippen molar-refractivity contribution in [1.29, 1.82) is 0 Å². The number of fused-ring (bicyclic) bond motifs is 3. The van der Waals surface area contributed by atoms with Crippen molar-refractivity contribution < 1.29 is 32.3 Å². The first-order valence-corrected chi connectivity index (χ1v) is 17.1. The molecule has 7 rings (SSSR count). The highest BCUT2D eigenvalue weighted by atomic mass is 19.1. The van der Waals surface area contributed by atoms with E-state index in [1.807, 2.05) is 47.8 Å². The van der Waals surface area contributed by atoms with Gasteiger partial charge in [0.25, 0.3) is 0 Å². The Balaban J connectivity index is 1.43. The van der Waals surface area contributed by atoms with Crippen molar-refractivity contribution in [3.8, 4) is 39.5 Å². The second-order valence-corrected chi connectivity index (χ2v) is 13.4. The molecule has 5 heterocycles. The van der Waals surface area contributed by atoms with Crippen LogP contribution in [0.15, 0.2) is 65.8 Å². The quantitative estimate of drug-likeness (QED) is 0.138. The minimum atomic E-state index is -0.843. The van der Waals surface area contributed by atoms with Gasteiger partial charge in [-0.15, -0.1) is 0 Å². The number of carbonyl (C=O) groups is 2. The number of carbonyl (C=O) groups excluding carboxylic acids is 2. The Bertz CT molecular complexity index is 2210. The fourth-order valence-electron chi connectivity index (χ4n) is 7.28. The molecule has 2 amide bonds. The lowest BCUT2D eigenvalue weighted by Crippen LogP contribution is -2.48. The number of likely N-dealkylation sites (N-methyl/N-ethyl adjacent to an activating group) is 2. The number of pyridine rings is 1. The zero-order valence-electron chi connectivity index (χ0n) is 29.8. The van der Waals surface area contributed by atoms with E-state index in [1.165, 1.54) is 19.4 Å². The van der Waals surface area contributed by atoms with Gasteiger partial charge in [-0.25, -0.2) is 13.8 Å². The summed E-state index contributed by atoms with van der Waals surface area (Å²) in [5, 5.41) is 5.46. The van der Waals surface area contributed by atoms with Crippen molar-refractivity contribution >= 4 is 22.8 Å². The molecule has 0 aliphatic carbocycles. The molecule has 0 N–H and O–H groups in total. The molecule has 13 heteroatoms. The number of amides is 2. The van der Waals surface area contributed by atoms with Gasteiger partial charge in [0.2, 0.25) is 11.8 Å². The molecule has 2 atom stereocenters. The molecule has 0 radical (unpaired) electrons. The summed E-state index contributed by atoms with van der Waals surface area (Å²) in [6.07, 6.45) is 3.37. The number of nitrogens with zero attached hydrogens (tertiary/aromatic N) is 6. The van der Waals surface area contributed by atoms with Gasteiger partial charge in [-0.05, 0) is 55.8 Å². The summed E-state index contributed by atoms with van der Waals surface area (Å²) in [6.45, 7) is 7.23. The molecule has 0 spiro atoms. The monoisotopic (exact) mass is 710 g/mol. The van der Waals surface area contributed by atoms with Crippen LogP contribution in [0.2, 0.25) is 0 Å². The fraction of sp³-hybridized carbons (Fsp3) is 0.333. The van der Waals surface area contributed by atoms with Gasteiger partial charge < -0.3 is 23.7 Å². The number of halogens is 2. The van der Waals surface area contributed by atoms with Gasteiger partial charge >= 0.3 is 0 Å². The maximum absolute atomic E-state index is 16.2. The second-order valence-electron chi connectivity index (χ2n) is 13.4. The molecule has 0 saturated carbocycles. The van der Waals surface area contributed by atoms with Gasteiger partial charge in [0.15, 0.2) is 5.58 Å². The Kier molecular flexibility index (Phi) is 9.40. The zero-order chi connectivity index (χ0) is 36.8. The van der Waals surface area contributed by atoms with Gasteiger partial charge in [-0.3, -0.25) is 19.2 Å². The first-order chi connectivity index (χ1) is 25.0. The lowest BCUT2D eigenvalue weighted by atomic mass is 9.90. The Morgan fingerprint density at radius 2 is 1.87 bits per heavy atom. The average Bonchev–Trinajstić information content (AvgIpc) is 3.79. The van der Waals surface area contributed by atoms with Crippen LogP contribution in [-0.2, 0) is 33.8 Å². The van der Waals surface area contributed by atoms with Crippen LogP contribution in [0.5, 0.6) is 5.75 Å². The smallest absolute Gasteiger partial charge is 0.246 e. The number of aromatic nitrogens is 3. The number of methoxy groups -OCH3 is 1. The van der Waals surface area contributed by atoms with Crippen molar-refractivity contribution in [1.82, 2.24) is 29.5 Å². The average molecular weight is 711 g/mol. The van der Waals surface area contributed by atoms with Crippen LogP contribution in [0.4, 0.5) is 8.78 Å². The van der Waals surface area contributed by atoms with Crippen LogP contribution in [0.1, 0.15) is 29.8 Å². The predicted molar refractivity (Wildman–Crippen MR) is 191 cm³/mol. The summed E-state index contributed by atoms with van der Waals surface area (Å²) >= 11 is 0. The van der Waals surface area contributed by atoms with Crippen LogP contribution in [0.3, 0.4) is 0 Å². The lowest BCUT2D eigenvalue weighted by Gasteiger charge is -2.34. The summed E-state index contributed by atoms with van der Waals surface area (Å²) in [6, 6.07) is 11.0. The molecule has 2 aliphatic heterocycles. The molecule has 52 heavy (non-hydrogen) atoms. The Morgan fingerprint density at radius 3 is 2.62 bits per heavy atom. The van der Waals surface area contributed by atoms with Crippen molar-refractivity contribution in [2.75, 3.05) is 48.0 Å². The second kappa shape index (κ2) is 14.0. The SMILES string of the molecule is C=CC(=O)N1CCn2nc(-c3nc(-c4ccc5c(c4)CN(C)[C@H](C(=O)N(C)C)C5)c4occc4c3-c3c(F)cc(F)cc3OCCOC)cc2[C@H]1C. The van der Waals surface area contributed by atoms with Crippen molar-refractivity contribution in [3.05, 3.63) is 89.8 Å². The summed E-state index contributed by atoms with van der Waals surface area (Å²) in [7, 11) is 6.97. The van der Waals surface area contributed by atoms with Crippen LogP contribution in [-0.4, -0.2) is 95.3 Å². The highest BCUT2D eigenvalue weighted by molar-refractivity contribution is 6.06. The van der Waals surface area contributed by atoms with E-state index in [-0.39, 0.29) is 48.4 Å². The first-order valence-electron chi connectivity index (χ1n) is 17.1. The Hall–Kier alpha value is -5.40. The number of hydrogen-bond acceptors (Lipinski definition) is 8. The largest absolute Gasteiger partial charge is 0.490 e. The molecule has 0 fully saturated rings. The van der Waals surface area contributed by atoms with Crippen LogP contribution in [0.25, 0.3) is 44.7 Å². The normalized spacial score (nSPS) is 17.2. The van der Waals surface area contributed by atoms with Gasteiger partial charge in [0, 0.05) is 62.9 Å². The number of ether oxygens (including phenoxy) is 2. The highest BCUT2D eigenvalue weighted by Crippen LogP contribution is 2.46. The third kappa shape index (κ3) is 6.13. The van der Waals surface area contributed by atoms with E-state index in [2.05, 4.69) is 6.58 Å².